The number of hydrogen-bond acceptors (Lipinski definition) is 5. The van der Waals surface area contributed by atoms with Crippen LogP contribution < -0.4 is 5.32 Å². The monoisotopic (exact) mass is 352 g/mol. The first-order valence-corrected chi connectivity index (χ1v) is 9.58. The van der Waals surface area contributed by atoms with Gasteiger partial charge in [-0.15, -0.1) is 0 Å². The van der Waals surface area contributed by atoms with Crippen molar-refractivity contribution in [1.82, 2.24) is 10.2 Å². The number of nitrogens with zero attached hydrogens (tertiary/aromatic N) is 1. The molecule has 2 fully saturated rings. The highest BCUT2D eigenvalue weighted by Crippen LogP contribution is 2.28. The second kappa shape index (κ2) is 6.43. The zero-order valence-electron chi connectivity index (χ0n) is 13.2. The second-order valence-corrected chi connectivity index (χ2v) is 8.34. The Hall–Kier alpha value is -2.09. The summed E-state index contributed by atoms with van der Waals surface area (Å²) in [6.45, 7) is 1.26. The highest BCUT2D eigenvalue weighted by Gasteiger charge is 2.44. The maximum Gasteiger partial charge on any atom is 0.407 e. The lowest BCUT2D eigenvalue weighted by atomic mass is 9.93. The number of ether oxygens (including phenoxy) is 1. The molecule has 2 heterocycles. The van der Waals surface area contributed by atoms with E-state index in [0.29, 0.717) is 26.1 Å². The Bertz CT molecular complexity index is 734. The van der Waals surface area contributed by atoms with Crippen LogP contribution in [0.25, 0.3) is 0 Å². The van der Waals surface area contributed by atoms with Gasteiger partial charge in [0.15, 0.2) is 9.84 Å². The van der Waals surface area contributed by atoms with Gasteiger partial charge in [-0.1, -0.05) is 18.2 Å². The van der Waals surface area contributed by atoms with Crippen molar-refractivity contribution in [2.75, 3.05) is 25.4 Å². The molecule has 1 aromatic rings. The van der Waals surface area contributed by atoms with E-state index in [1.807, 2.05) is 0 Å². The number of alkyl carbamates (subject to hydrolysis) is 1. The molecule has 0 radical (unpaired) electrons. The molecule has 1 aromatic carbocycles. The summed E-state index contributed by atoms with van der Waals surface area (Å²) in [4.78, 5) is 25.5. The standard InChI is InChI=1S/C16H20N2O5S/c19-14(7-10-24(21,22)13-5-2-1-3-6-13)18-9-4-8-16(12-18)11-17-15(20)23-16/h1-3,5-6H,4,7-12H2,(H,17,20). The van der Waals surface area contributed by atoms with E-state index in [2.05, 4.69) is 5.32 Å². The molecule has 1 N–H and O–H groups in total. The third-order valence-electron chi connectivity index (χ3n) is 4.44. The Morgan fingerprint density at radius 1 is 1.29 bits per heavy atom. The molecule has 8 heteroatoms. The van der Waals surface area contributed by atoms with Crippen LogP contribution in [0.5, 0.6) is 0 Å². The average molecular weight is 352 g/mol. The maximum absolute atomic E-state index is 12.4. The lowest BCUT2D eigenvalue weighted by molar-refractivity contribution is -0.136. The largest absolute Gasteiger partial charge is 0.439 e. The molecule has 7 nitrogen and oxygen atoms in total. The Kier molecular flexibility index (Phi) is 4.49. The van der Waals surface area contributed by atoms with Crippen LogP contribution >= 0.6 is 0 Å². The average Bonchev–Trinajstić information content (AvgIpc) is 2.93. The van der Waals surface area contributed by atoms with Crippen molar-refractivity contribution >= 4 is 21.8 Å². The summed E-state index contributed by atoms with van der Waals surface area (Å²) in [5, 5.41) is 2.62. The van der Waals surface area contributed by atoms with E-state index in [-0.39, 0.29) is 23.0 Å². The molecular weight excluding hydrogens is 332 g/mol. The molecule has 2 aliphatic heterocycles. The molecule has 130 valence electrons. The normalized spacial score (nSPS) is 23.8. The first-order valence-electron chi connectivity index (χ1n) is 7.93. The fraction of sp³-hybridized carbons (Fsp3) is 0.500. The van der Waals surface area contributed by atoms with Gasteiger partial charge in [0.25, 0.3) is 0 Å². The topological polar surface area (TPSA) is 92.8 Å². The SMILES string of the molecule is O=C1NCC2(CCCN(C(=O)CCS(=O)(=O)c3ccccc3)C2)O1. The van der Waals surface area contributed by atoms with Crippen LogP contribution in [-0.2, 0) is 19.4 Å². The number of carbonyl (C=O) groups excluding carboxylic acids is 2. The van der Waals surface area contributed by atoms with Crippen LogP contribution in [0, 0.1) is 0 Å². The minimum Gasteiger partial charge on any atom is -0.439 e. The molecule has 2 saturated heterocycles. The molecule has 24 heavy (non-hydrogen) atoms. The molecule has 1 spiro atoms. The number of piperidine rings is 1. The van der Waals surface area contributed by atoms with Crippen molar-refractivity contribution in [3.8, 4) is 0 Å². The van der Waals surface area contributed by atoms with Crippen LogP contribution in [-0.4, -0.2) is 56.3 Å². The molecule has 0 saturated carbocycles. The molecule has 2 amide bonds. The highest BCUT2D eigenvalue weighted by molar-refractivity contribution is 7.91. The zero-order valence-corrected chi connectivity index (χ0v) is 14.0. The van der Waals surface area contributed by atoms with Crippen LogP contribution in [0.2, 0.25) is 0 Å². The van der Waals surface area contributed by atoms with Gasteiger partial charge in [0.05, 0.1) is 23.7 Å². The molecule has 0 aliphatic carbocycles. The van der Waals surface area contributed by atoms with Crippen LogP contribution in [0.1, 0.15) is 19.3 Å². The number of likely N-dealkylation sites (tertiary alicyclic amines) is 1. The van der Waals surface area contributed by atoms with E-state index in [1.165, 1.54) is 12.1 Å². The maximum atomic E-state index is 12.4. The number of hydrogen-bond donors (Lipinski definition) is 1. The molecular formula is C16H20N2O5S. The van der Waals surface area contributed by atoms with Crippen molar-refractivity contribution in [2.24, 2.45) is 0 Å². The van der Waals surface area contributed by atoms with Gasteiger partial charge in [-0.2, -0.15) is 0 Å². The Labute approximate surface area is 140 Å². The predicted octanol–water partition coefficient (Wildman–Crippen LogP) is 0.951. The summed E-state index contributed by atoms with van der Waals surface area (Å²) in [5.74, 6) is -0.450. The number of nitrogens with one attached hydrogen (secondary N) is 1. The van der Waals surface area contributed by atoms with E-state index in [1.54, 1.807) is 23.1 Å². The lowest BCUT2D eigenvalue weighted by Crippen LogP contribution is -2.52. The van der Waals surface area contributed by atoms with E-state index in [0.717, 1.165) is 6.42 Å². The number of carbonyl (C=O) groups is 2. The summed E-state index contributed by atoms with van der Waals surface area (Å²) >= 11 is 0. The molecule has 0 aromatic heterocycles. The highest BCUT2D eigenvalue weighted by atomic mass is 32.2. The van der Waals surface area contributed by atoms with Gasteiger partial charge in [-0.25, -0.2) is 13.2 Å². The third-order valence-corrected chi connectivity index (χ3v) is 6.18. The molecule has 2 aliphatic rings. The second-order valence-electron chi connectivity index (χ2n) is 6.23. The number of rotatable bonds is 4. The third kappa shape index (κ3) is 3.53. The fourth-order valence-corrected chi connectivity index (χ4v) is 4.42. The smallest absolute Gasteiger partial charge is 0.407 e. The van der Waals surface area contributed by atoms with Crippen LogP contribution in [0.4, 0.5) is 4.79 Å². The molecule has 1 atom stereocenters. The zero-order chi connectivity index (χ0) is 17.2. The van der Waals surface area contributed by atoms with Crippen LogP contribution in [0.15, 0.2) is 35.2 Å². The van der Waals surface area contributed by atoms with Gasteiger partial charge >= 0.3 is 6.09 Å². The summed E-state index contributed by atoms with van der Waals surface area (Å²) < 4.78 is 29.8. The molecule has 3 rings (SSSR count). The van der Waals surface area contributed by atoms with E-state index in [4.69, 9.17) is 4.74 Å². The first kappa shape index (κ1) is 16.8. The van der Waals surface area contributed by atoms with E-state index >= 15 is 0 Å². The van der Waals surface area contributed by atoms with Crippen molar-refractivity contribution in [2.45, 2.75) is 29.8 Å². The summed E-state index contributed by atoms with van der Waals surface area (Å²) in [6.07, 6.45) is 0.898. The summed E-state index contributed by atoms with van der Waals surface area (Å²) in [7, 11) is -3.48. The van der Waals surface area contributed by atoms with Crippen molar-refractivity contribution in [1.29, 1.82) is 0 Å². The lowest BCUT2D eigenvalue weighted by Gasteiger charge is -2.38. The van der Waals surface area contributed by atoms with Gasteiger partial charge in [0.2, 0.25) is 5.91 Å². The van der Waals surface area contributed by atoms with Crippen molar-refractivity contribution in [3.63, 3.8) is 0 Å². The fourth-order valence-electron chi connectivity index (χ4n) is 3.17. The van der Waals surface area contributed by atoms with Gasteiger partial charge in [-0.05, 0) is 25.0 Å². The number of benzene rings is 1. The molecule has 1 unspecified atom stereocenters. The predicted molar refractivity (Wildman–Crippen MR) is 86.1 cm³/mol. The van der Waals surface area contributed by atoms with E-state index < -0.39 is 21.5 Å². The number of amides is 2. The minimum atomic E-state index is -3.48. The molecule has 0 bridgehead atoms. The summed E-state index contributed by atoms with van der Waals surface area (Å²) in [6, 6.07) is 8.11. The van der Waals surface area contributed by atoms with E-state index in [9.17, 15) is 18.0 Å². The van der Waals surface area contributed by atoms with Gasteiger partial charge in [0.1, 0.15) is 5.60 Å². The number of sulfone groups is 1. The van der Waals surface area contributed by atoms with Gasteiger partial charge in [-0.3, -0.25) is 4.79 Å². The Morgan fingerprint density at radius 2 is 2.04 bits per heavy atom. The van der Waals surface area contributed by atoms with Gasteiger partial charge in [0, 0.05) is 13.0 Å². The Balaban J connectivity index is 1.60. The van der Waals surface area contributed by atoms with Crippen LogP contribution in [0.3, 0.4) is 0 Å². The van der Waals surface area contributed by atoms with Crippen molar-refractivity contribution in [3.05, 3.63) is 30.3 Å². The van der Waals surface area contributed by atoms with Gasteiger partial charge < -0.3 is 15.0 Å². The quantitative estimate of drug-likeness (QED) is 0.871. The first-order chi connectivity index (χ1) is 11.4. The summed E-state index contributed by atoms with van der Waals surface area (Å²) in [5.41, 5.74) is -0.663. The minimum absolute atomic E-state index is 0.0747. The Morgan fingerprint density at radius 3 is 2.71 bits per heavy atom. The van der Waals surface area contributed by atoms with Crippen molar-refractivity contribution < 1.29 is 22.7 Å².